The zero-order valence-electron chi connectivity index (χ0n) is 55.7. The zero-order valence-corrected chi connectivity index (χ0v) is 56.5. The molecule has 1 unspecified atom stereocenters. The molecule has 0 spiro atoms. The largest absolute Gasteiger partial charge is 0.374 e. The lowest BCUT2D eigenvalue weighted by molar-refractivity contribution is -0.385. The Morgan fingerprint density at radius 2 is 0.930 bits per heavy atom. The molecule has 0 bridgehead atoms. The van der Waals surface area contributed by atoms with Gasteiger partial charge in [-0.1, -0.05) is 256 Å². The lowest BCUT2D eigenvalue weighted by Gasteiger charge is -2.55. The van der Waals surface area contributed by atoms with Crippen molar-refractivity contribution in [1.82, 2.24) is 8.96 Å². The fourth-order valence-electron chi connectivity index (χ4n) is 14.1. The minimum Gasteiger partial charge on any atom is -0.374 e. The van der Waals surface area contributed by atoms with E-state index in [2.05, 4.69) is 66.5 Å². The predicted octanol–water partition coefficient (Wildman–Crippen LogP) is 13.9. The first kappa shape index (κ1) is 69.0. The van der Waals surface area contributed by atoms with E-state index in [9.17, 15) is 8.42 Å². The summed E-state index contributed by atoms with van der Waals surface area (Å²) in [5.74, 6) is -0.758. The number of hydrogen-bond donors (Lipinski definition) is 0. The van der Waals surface area contributed by atoms with Crippen LogP contribution < -0.4 is 0 Å². The van der Waals surface area contributed by atoms with Crippen LogP contribution in [0.3, 0.4) is 0 Å². The first-order valence-corrected chi connectivity index (χ1v) is 35.8. The lowest BCUT2D eigenvalue weighted by atomic mass is 9.70. The molecule has 14 rings (SSSR count). The number of nitrogens with zero attached hydrogens (tertiary/aromatic N) is 2. The van der Waals surface area contributed by atoms with Gasteiger partial charge in [-0.15, -0.1) is 0 Å². The van der Waals surface area contributed by atoms with Crippen LogP contribution in [0, 0.1) is 11.8 Å². The van der Waals surface area contributed by atoms with Gasteiger partial charge in [0.05, 0.1) is 83.9 Å². The highest BCUT2D eigenvalue weighted by Gasteiger charge is 2.60. The molecule has 0 N–H and O–H groups in total. The van der Waals surface area contributed by atoms with Crippen molar-refractivity contribution in [3.05, 3.63) is 318 Å². The van der Waals surface area contributed by atoms with Gasteiger partial charge in [-0.05, 0) is 68.1 Å². The third-order valence-corrected chi connectivity index (χ3v) is 20.3. The third kappa shape index (κ3) is 17.3. The second-order valence-electron chi connectivity index (χ2n) is 26.0. The molecule has 16 atom stereocenters. The van der Waals surface area contributed by atoms with Gasteiger partial charge in [0.1, 0.15) is 49.1 Å². The topological polar surface area (TPSA) is 172 Å². The van der Waals surface area contributed by atoms with Crippen molar-refractivity contribution in [2.45, 2.75) is 145 Å². The van der Waals surface area contributed by atoms with Crippen LogP contribution in [0.5, 0.6) is 0 Å². The molecule has 18 heteroatoms. The van der Waals surface area contributed by atoms with E-state index >= 15 is 0 Å². The van der Waals surface area contributed by atoms with Gasteiger partial charge < -0.3 is 56.8 Å². The van der Waals surface area contributed by atoms with E-state index in [0.717, 1.165) is 65.6 Å². The Morgan fingerprint density at radius 3 is 1.48 bits per heavy atom. The summed E-state index contributed by atoms with van der Waals surface area (Å²) in [6.45, 7) is 3.37. The monoisotopic (exact) mass is 1370 g/mol. The molecule has 4 heterocycles. The zero-order chi connectivity index (χ0) is 67.9. The molecule has 4 aliphatic rings. The Morgan fingerprint density at radius 1 is 0.450 bits per heavy atom. The van der Waals surface area contributed by atoms with Gasteiger partial charge in [-0.2, -0.15) is 8.42 Å². The first-order chi connectivity index (χ1) is 49.2. The molecular weight excluding hydrogens is 1280 g/mol. The van der Waals surface area contributed by atoms with E-state index in [1.807, 2.05) is 200 Å². The Labute approximate surface area is 584 Å². The summed E-state index contributed by atoms with van der Waals surface area (Å²) in [6.07, 6.45) is -9.81. The number of imidazole rings is 1. The SMILES string of the molecule is C[C@@H]1C[C@@H](OCc2ccc3ccccc3c2)[C@H]([C@H]2O[C@H](COCc3ccccc3)[C@@H](O[C@@H]3O[C@@H]4COC(c5ccccc5)O[C@H]4[C@H](OCc4ccccc4)[C@H]3OS(=O)(=O)n3ccnc3)[C@H](OCc3ccccc3)[C@H]2OCc2ccccc2)[C@H](OCc2ccccc2)[C@H]1OCc1ccccc1. The van der Waals surface area contributed by atoms with Crippen molar-refractivity contribution in [1.29, 1.82) is 0 Å². The average Bonchev–Trinajstić information content (AvgIpc) is 0.774. The molecule has 9 aromatic carbocycles. The highest BCUT2D eigenvalue weighted by Crippen LogP contribution is 2.46. The van der Waals surface area contributed by atoms with Crippen LogP contribution in [-0.4, -0.2) is 110 Å². The van der Waals surface area contributed by atoms with Crippen LogP contribution in [0.15, 0.2) is 274 Å². The van der Waals surface area contributed by atoms with E-state index in [1.54, 1.807) is 0 Å². The highest BCUT2D eigenvalue weighted by atomic mass is 32.2. The van der Waals surface area contributed by atoms with E-state index in [4.69, 9.17) is 61.0 Å². The van der Waals surface area contributed by atoms with E-state index < -0.39 is 102 Å². The van der Waals surface area contributed by atoms with Gasteiger partial charge in [-0.3, -0.25) is 0 Å². The van der Waals surface area contributed by atoms with E-state index in [0.29, 0.717) is 13.0 Å². The van der Waals surface area contributed by atoms with Crippen LogP contribution in [-0.2, 0) is 118 Å². The molecule has 0 radical (unpaired) electrons. The molecule has 518 valence electrons. The van der Waals surface area contributed by atoms with Gasteiger partial charge >= 0.3 is 10.3 Å². The minimum atomic E-state index is -4.73. The standard InChI is InChI=1S/C82H84N2O15S/c1-57-45-68(88-53-64-41-42-65-37-23-24-40-67(65)46-64)71(75(90-49-60-29-13-4-14-30-60)72(57)89-48-59-27-11-3-12-28-59)76-79(93-52-63-35-19-7-20-36-63)77(91-50-61-31-15-5-16-32-61)73(69(95-76)54-87-47-58-25-9-2-10-26-58)98-82-80(99-100(85,86)84-44-43-83-56-84)78(92-51-62-33-17-6-18-34-62)74-70(96-82)55-94-81(97-74)66-38-21-8-22-39-66/h2-44,46,56-57,68-82H,45,47-55H2,1H3/t57-,68-,69-,70-,71+,72+,73-,74-,75+,76-,77+,78+,79+,80-,81?,82+/m1/s1. The highest BCUT2D eigenvalue weighted by molar-refractivity contribution is 7.85. The van der Waals surface area contributed by atoms with Crippen molar-refractivity contribution in [2.24, 2.45) is 11.8 Å². The smallest absolute Gasteiger partial charge is 0.367 e. The molecule has 1 aromatic heterocycles. The third-order valence-electron chi connectivity index (χ3n) is 19.1. The molecule has 1 saturated carbocycles. The van der Waals surface area contributed by atoms with Crippen LogP contribution >= 0.6 is 0 Å². The number of ether oxygens (including phenoxy) is 12. The number of aromatic nitrogens is 2. The van der Waals surface area contributed by atoms with Crippen LogP contribution in [0.4, 0.5) is 0 Å². The number of rotatable bonds is 29. The Kier molecular flexibility index (Phi) is 23.2. The minimum absolute atomic E-state index is 0.00153. The van der Waals surface area contributed by atoms with E-state index in [1.165, 1.54) is 12.4 Å². The Bertz CT molecular complexity index is 4200. The number of fused-ring (bicyclic) bond motifs is 2. The maximum Gasteiger partial charge on any atom is 0.367 e. The summed E-state index contributed by atoms with van der Waals surface area (Å²) in [5.41, 5.74) is 7.22. The van der Waals surface area contributed by atoms with Crippen LogP contribution in [0.2, 0.25) is 0 Å². The van der Waals surface area contributed by atoms with Gasteiger partial charge in [0.25, 0.3) is 0 Å². The Balaban J connectivity index is 0.917. The van der Waals surface area contributed by atoms with Crippen LogP contribution in [0.25, 0.3) is 10.8 Å². The van der Waals surface area contributed by atoms with Crippen molar-refractivity contribution < 1.29 is 69.4 Å². The molecule has 3 aliphatic heterocycles. The first-order valence-electron chi connectivity index (χ1n) is 34.4. The molecule has 100 heavy (non-hydrogen) atoms. The van der Waals surface area contributed by atoms with Crippen LogP contribution in [0.1, 0.15) is 64.1 Å². The summed E-state index contributed by atoms with van der Waals surface area (Å²) in [7, 11) is -4.73. The van der Waals surface area contributed by atoms with Crippen molar-refractivity contribution in [3.8, 4) is 0 Å². The second-order valence-corrected chi connectivity index (χ2v) is 27.5. The second kappa shape index (κ2) is 33.6. The molecule has 17 nitrogen and oxygen atoms in total. The summed E-state index contributed by atoms with van der Waals surface area (Å²) in [4.78, 5) is 4.10. The maximum absolute atomic E-state index is 14.9. The molecule has 10 aromatic rings. The quantitative estimate of drug-likeness (QED) is 0.0433. The fourth-order valence-corrected chi connectivity index (χ4v) is 15.0. The van der Waals surface area contributed by atoms with Gasteiger partial charge in [0.15, 0.2) is 18.7 Å². The molecule has 3 saturated heterocycles. The Hall–Kier alpha value is -8.12. The maximum atomic E-state index is 14.9. The summed E-state index contributed by atoms with van der Waals surface area (Å²) in [6, 6.07) is 84.0. The molecule has 0 amide bonds. The molecule has 4 fully saturated rings. The summed E-state index contributed by atoms with van der Waals surface area (Å²) >= 11 is 0. The molecular formula is C82H84N2O15S. The van der Waals surface area contributed by atoms with Gasteiger partial charge in [-0.25, -0.2) is 13.1 Å². The number of benzene rings is 9. The average molecular weight is 1370 g/mol. The van der Waals surface area contributed by atoms with E-state index in [-0.39, 0.29) is 58.8 Å². The van der Waals surface area contributed by atoms with Crippen molar-refractivity contribution in [3.63, 3.8) is 0 Å². The summed E-state index contributed by atoms with van der Waals surface area (Å²) < 4.78 is 125. The van der Waals surface area contributed by atoms with Crippen molar-refractivity contribution >= 4 is 21.1 Å². The summed E-state index contributed by atoms with van der Waals surface area (Å²) in [5, 5.41) is 2.22. The predicted molar refractivity (Wildman–Crippen MR) is 375 cm³/mol. The molecule has 1 aliphatic carbocycles. The van der Waals surface area contributed by atoms with Gasteiger partial charge in [0, 0.05) is 23.9 Å². The number of hydrogen-bond acceptors (Lipinski definition) is 16. The normalized spacial score (nSPS) is 27.0. The van der Waals surface area contributed by atoms with Crippen molar-refractivity contribution in [2.75, 3.05) is 13.2 Å². The van der Waals surface area contributed by atoms with Gasteiger partial charge in [0.2, 0.25) is 0 Å². The lowest BCUT2D eigenvalue weighted by Crippen LogP contribution is -2.69. The fraction of sp³-hybridized carbons (Fsp3) is 0.329.